The number of rotatable bonds is 11. The molecule has 8 heteroatoms. The van der Waals surface area contributed by atoms with Crippen molar-refractivity contribution in [2.45, 2.75) is 0 Å². The maximum Gasteiger partial charge on any atom is 0.412 e. The van der Waals surface area contributed by atoms with Gasteiger partial charge in [0.25, 0.3) is 0 Å². The molecule has 2 aromatic rings. The van der Waals surface area contributed by atoms with E-state index < -0.39 is 12.1 Å². The molecule has 0 saturated carbocycles. The Morgan fingerprint density at radius 2 is 1.96 bits per heavy atom. The lowest BCUT2D eigenvalue weighted by molar-refractivity contribution is -0.139. The molecule has 2 aromatic carbocycles. The number of aliphatic hydroxyl groups is 1. The van der Waals surface area contributed by atoms with Crippen LogP contribution in [0, 0.1) is 0 Å². The summed E-state index contributed by atoms with van der Waals surface area (Å²) >= 11 is 0. The van der Waals surface area contributed by atoms with E-state index in [1.807, 2.05) is 18.2 Å². The fourth-order valence-corrected chi connectivity index (χ4v) is 2.31. The Hall–Kier alpha value is -3.10. The zero-order valence-electron chi connectivity index (χ0n) is 15.4. The molecular formula is C20H23NO7. The third-order valence-electron chi connectivity index (χ3n) is 3.53. The summed E-state index contributed by atoms with van der Waals surface area (Å²) in [6.07, 6.45) is 0.474. The van der Waals surface area contributed by atoms with E-state index in [4.69, 9.17) is 24.1 Å². The average Bonchev–Trinajstić information content (AvgIpc) is 2.71. The monoisotopic (exact) mass is 389 g/mol. The molecule has 0 aliphatic carbocycles. The molecule has 150 valence electrons. The van der Waals surface area contributed by atoms with E-state index in [0.29, 0.717) is 11.5 Å². The average molecular weight is 389 g/mol. The van der Waals surface area contributed by atoms with Gasteiger partial charge in [-0.05, 0) is 29.7 Å². The molecule has 0 atom stereocenters. The van der Waals surface area contributed by atoms with Gasteiger partial charge in [-0.2, -0.15) is 0 Å². The largest absolute Gasteiger partial charge is 0.491 e. The summed E-state index contributed by atoms with van der Waals surface area (Å²) in [5.74, 6) is 0.535. The lowest BCUT2D eigenvalue weighted by Gasteiger charge is -2.10. The summed E-state index contributed by atoms with van der Waals surface area (Å²) in [6.45, 7) is 4.27. The van der Waals surface area contributed by atoms with Crippen molar-refractivity contribution in [3.63, 3.8) is 0 Å². The second-order valence-electron chi connectivity index (χ2n) is 5.51. The highest BCUT2D eigenvalue weighted by Gasteiger charge is 2.07. The summed E-state index contributed by atoms with van der Waals surface area (Å²) in [5.41, 5.74) is 0. The quantitative estimate of drug-likeness (QED) is 0.344. The van der Waals surface area contributed by atoms with Crippen LogP contribution in [0.2, 0.25) is 0 Å². The Kier molecular flexibility index (Phi) is 8.77. The minimum atomic E-state index is -0.603. The van der Waals surface area contributed by atoms with E-state index in [2.05, 4.69) is 11.9 Å². The number of carbonyl (C=O) groups excluding carboxylic acids is 2. The van der Waals surface area contributed by atoms with E-state index in [1.165, 1.54) is 0 Å². The molecule has 0 aromatic heterocycles. The van der Waals surface area contributed by atoms with Crippen molar-refractivity contribution in [3.8, 4) is 11.5 Å². The highest BCUT2D eigenvalue weighted by atomic mass is 16.6. The van der Waals surface area contributed by atoms with Gasteiger partial charge in [0.15, 0.2) is 0 Å². The van der Waals surface area contributed by atoms with Gasteiger partial charge in [-0.3, -0.25) is 0 Å². The third-order valence-corrected chi connectivity index (χ3v) is 3.53. The molecule has 2 rings (SSSR count). The number of hydrogen-bond donors (Lipinski definition) is 2. The first kappa shape index (κ1) is 21.2. The second-order valence-corrected chi connectivity index (χ2v) is 5.51. The molecule has 0 radical (unpaired) electrons. The molecule has 28 heavy (non-hydrogen) atoms. The molecule has 0 aliphatic heterocycles. The zero-order valence-corrected chi connectivity index (χ0v) is 15.4. The number of carbonyl (C=O) groups is 2. The van der Waals surface area contributed by atoms with Crippen LogP contribution in [-0.4, -0.2) is 56.7 Å². The van der Waals surface area contributed by atoms with Crippen molar-refractivity contribution in [2.75, 3.05) is 39.6 Å². The van der Waals surface area contributed by atoms with Crippen LogP contribution in [0.1, 0.15) is 0 Å². The van der Waals surface area contributed by atoms with E-state index in [9.17, 15) is 9.59 Å². The van der Waals surface area contributed by atoms with Crippen LogP contribution >= 0.6 is 0 Å². The Bertz CT molecular complexity index is 806. The first-order valence-electron chi connectivity index (χ1n) is 8.73. The van der Waals surface area contributed by atoms with E-state index in [0.717, 1.165) is 16.8 Å². The number of aliphatic hydroxyl groups excluding tert-OH is 1. The van der Waals surface area contributed by atoms with Gasteiger partial charge in [-0.25, -0.2) is 9.59 Å². The summed E-state index contributed by atoms with van der Waals surface area (Å²) in [7, 11) is 0. The minimum Gasteiger partial charge on any atom is -0.491 e. The molecule has 0 bridgehead atoms. The number of ether oxygens (including phenoxy) is 4. The van der Waals surface area contributed by atoms with Crippen molar-refractivity contribution in [2.24, 2.45) is 0 Å². The molecule has 0 aliphatic rings. The van der Waals surface area contributed by atoms with Gasteiger partial charge < -0.3 is 29.4 Å². The third kappa shape index (κ3) is 6.90. The Labute approximate surface area is 162 Å². The molecule has 0 saturated heterocycles. The van der Waals surface area contributed by atoms with Crippen LogP contribution in [0.5, 0.6) is 11.5 Å². The number of benzene rings is 2. The number of hydrogen-bond acceptors (Lipinski definition) is 7. The van der Waals surface area contributed by atoms with Crippen LogP contribution in [0.4, 0.5) is 4.79 Å². The van der Waals surface area contributed by atoms with Gasteiger partial charge in [0.05, 0.1) is 19.8 Å². The number of nitrogens with one attached hydrogen (secondary N) is 1. The number of fused-ring (bicyclic) bond motifs is 1. The molecule has 0 unspecified atom stereocenters. The second kappa shape index (κ2) is 11.6. The maximum absolute atomic E-state index is 11.9. The fraction of sp³-hybridized carbons (Fsp3) is 0.300. The summed E-state index contributed by atoms with van der Waals surface area (Å²) in [4.78, 5) is 22.7. The molecule has 0 spiro atoms. The minimum absolute atomic E-state index is 0.0680. The van der Waals surface area contributed by atoms with Crippen molar-refractivity contribution in [1.82, 2.24) is 5.32 Å². The van der Waals surface area contributed by atoms with Gasteiger partial charge in [0.2, 0.25) is 0 Å². The van der Waals surface area contributed by atoms with Gasteiger partial charge in [-0.1, -0.05) is 18.7 Å². The maximum atomic E-state index is 11.9. The number of amides is 1. The van der Waals surface area contributed by atoms with Crippen LogP contribution in [0.15, 0.2) is 49.1 Å². The SMILES string of the molecule is C=CC(=O)OCCOCCNC(=O)Oc1ccc2c(OCCO)cccc2c1. The van der Waals surface area contributed by atoms with Gasteiger partial charge >= 0.3 is 12.1 Å². The molecule has 0 fully saturated rings. The Morgan fingerprint density at radius 3 is 2.75 bits per heavy atom. The Morgan fingerprint density at radius 1 is 1.11 bits per heavy atom. The van der Waals surface area contributed by atoms with Crippen molar-refractivity contribution < 1.29 is 33.6 Å². The van der Waals surface area contributed by atoms with Crippen molar-refractivity contribution >= 4 is 22.8 Å². The lowest BCUT2D eigenvalue weighted by Crippen LogP contribution is -2.30. The van der Waals surface area contributed by atoms with Crippen molar-refractivity contribution in [1.29, 1.82) is 0 Å². The van der Waals surface area contributed by atoms with Gasteiger partial charge in [0, 0.05) is 18.0 Å². The first-order chi connectivity index (χ1) is 13.6. The lowest BCUT2D eigenvalue weighted by atomic mass is 10.1. The predicted molar refractivity (Wildman–Crippen MR) is 103 cm³/mol. The van der Waals surface area contributed by atoms with E-state index in [-0.39, 0.29) is 39.6 Å². The highest BCUT2D eigenvalue weighted by molar-refractivity contribution is 5.90. The van der Waals surface area contributed by atoms with Crippen molar-refractivity contribution in [3.05, 3.63) is 49.1 Å². The smallest absolute Gasteiger partial charge is 0.412 e. The first-order valence-corrected chi connectivity index (χ1v) is 8.73. The summed E-state index contributed by atoms with van der Waals surface area (Å²) in [6, 6.07) is 10.7. The molecule has 2 N–H and O–H groups in total. The molecular weight excluding hydrogens is 366 g/mol. The molecule has 8 nitrogen and oxygen atoms in total. The molecule has 0 heterocycles. The highest BCUT2D eigenvalue weighted by Crippen LogP contribution is 2.28. The number of esters is 1. The van der Waals surface area contributed by atoms with Gasteiger partial charge in [0.1, 0.15) is 24.7 Å². The topological polar surface area (TPSA) is 103 Å². The van der Waals surface area contributed by atoms with Crippen LogP contribution in [-0.2, 0) is 14.3 Å². The Balaban J connectivity index is 1.75. The van der Waals surface area contributed by atoms with Crippen LogP contribution < -0.4 is 14.8 Å². The predicted octanol–water partition coefficient (Wildman–Crippen LogP) is 2.05. The van der Waals surface area contributed by atoms with Crippen LogP contribution in [0.3, 0.4) is 0 Å². The normalized spacial score (nSPS) is 10.3. The summed E-state index contributed by atoms with van der Waals surface area (Å²) < 4.78 is 20.7. The fourth-order valence-electron chi connectivity index (χ4n) is 2.31. The van der Waals surface area contributed by atoms with Gasteiger partial charge in [-0.15, -0.1) is 0 Å². The molecule has 1 amide bonds. The summed E-state index contributed by atoms with van der Waals surface area (Å²) in [5, 5.41) is 13.2. The van der Waals surface area contributed by atoms with E-state index in [1.54, 1.807) is 18.2 Å². The zero-order chi connectivity index (χ0) is 20.2. The standard InChI is InChI=1S/C20H23NO7/c1-2-19(23)27-13-12-25-10-8-21-20(24)28-16-6-7-17-15(14-16)4-3-5-18(17)26-11-9-22/h2-7,14,22H,1,8-13H2,(H,21,24). The van der Waals surface area contributed by atoms with E-state index >= 15 is 0 Å². The van der Waals surface area contributed by atoms with Crippen LogP contribution in [0.25, 0.3) is 10.8 Å².